The Morgan fingerprint density at radius 3 is 2.55 bits per heavy atom. The van der Waals surface area contributed by atoms with Crippen LogP contribution >= 0.6 is 39.1 Å². The van der Waals surface area contributed by atoms with Crippen LogP contribution in [0.2, 0.25) is 10.0 Å². The third-order valence-electron chi connectivity index (χ3n) is 2.69. The van der Waals surface area contributed by atoms with Crippen molar-refractivity contribution in [2.45, 2.75) is 19.4 Å². The molecule has 0 aliphatic heterocycles. The largest absolute Gasteiger partial charge is 0.456 e. The van der Waals surface area contributed by atoms with E-state index < -0.39 is 0 Å². The predicted octanol–water partition coefficient (Wildman–Crippen LogP) is 5.44. The van der Waals surface area contributed by atoms with Crippen molar-refractivity contribution in [1.82, 2.24) is 0 Å². The molecule has 0 saturated carbocycles. The molecule has 0 bridgehead atoms. The molecule has 1 unspecified atom stereocenters. The van der Waals surface area contributed by atoms with Crippen LogP contribution in [0.4, 0.5) is 0 Å². The van der Waals surface area contributed by atoms with E-state index in [1.807, 2.05) is 31.2 Å². The number of benzene rings is 2. The lowest BCUT2D eigenvalue weighted by molar-refractivity contribution is 0.482. The molecule has 2 aromatic carbocycles. The zero-order chi connectivity index (χ0) is 14.7. The molecule has 2 nitrogen and oxygen atoms in total. The minimum absolute atomic E-state index is 0.0683. The quantitative estimate of drug-likeness (QED) is 0.773. The van der Waals surface area contributed by atoms with Gasteiger partial charge in [0.15, 0.2) is 0 Å². The fourth-order valence-electron chi connectivity index (χ4n) is 1.79. The first-order valence-electron chi connectivity index (χ1n) is 6.12. The fourth-order valence-corrected chi connectivity index (χ4v) is 2.53. The first-order valence-corrected chi connectivity index (χ1v) is 7.67. The molecule has 1 atom stereocenters. The summed E-state index contributed by atoms with van der Waals surface area (Å²) in [6, 6.07) is 11.1. The Morgan fingerprint density at radius 1 is 1.15 bits per heavy atom. The van der Waals surface area contributed by atoms with Gasteiger partial charge >= 0.3 is 0 Å². The van der Waals surface area contributed by atoms with Gasteiger partial charge in [0.25, 0.3) is 0 Å². The first-order chi connectivity index (χ1) is 9.45. The van der Waals surface area contributed by atoms with E-state index in [0.717, 1.165) is 16.5 Å². The van der Waals surface area contributed by atoms with Gasteiger partial charge in [0.2, 0.25) is 0 Å². The molecule has 0 saturated heterocycles. The van der Waals surface area contributed by atoms with Crippen molar-refractivity contribution in [1.29, 1.82) is 0 Å². The number of nitrogens with two attached hydrogens (primary N) is 1. The molecular weight excluding hydrogens is 361 g/mol. The fraction of sp³-hybridized carbons (Fsp3) is 0.200. The van der Waals surface area contributed by atoms with Gasteiger partial charge in [-0.25, -0.2) is 0 Å². The Balaban J connectivity index is 2.22. The predicted molar refractivity (Wildman–Crippen MR) is 88.0 cm³/mol. The van der Waals surface area contributed by atoms with E-state index >= 15 is 0 Å². The average molecular weight is 375 g/mol. The number of hydrogen-bond acceptors (Lipinski definition) is 2. The van der Waals surface area contributed by atoms with Crippen LogP contribution < -0.4 is 10.5 Å². The van der Waals surface area contributed by atoms with Crippen molar-refractivity contribution < 1.29 is 4.74 Å². The Labute approximate surface area is 137 Å². The highest BCUT2D eigenvalue weighted by Gasteiger charge is 2.08. The summed E-state index contributed by atoms with van der Waals surface area (Å²) in [6.45, 7) is 1.95. The lowest BCUT2D eigenvalue weighted by Crippen LogP contribution is -2.17. The molecule has 20 heavy (non-hydrogen) atoms. The molecule has 5 heteroatoms. The van der Waals surface area contributed by atoms with Gasteiger partial charge in [-0.05, 0) is 49.2 Å². The van der Waals surface area contributed by atoms with E-state index in [-0.39, 0.29) is 6.04 Å². The Morgan fingerprint density at radius 2 is 1.90 bits per heavy atom. The second-order valence-electron chi connectivity index (χ2n) is 4.61. The van der Waals surface area contributed by atoms with Crippen LogP contribution in [0, 0.1) is 0 Å². The second kappa shape index (κ2) is 6.81. The summed E-state index contributed by atoms with van der Waals surface area (Å²) in [7, 11) is 0. The summed E-state index contributed by atoms with van der Waals surface area (Å²) in [4.78, 5) is 0. The summed E-state index contributed by atoms with van der Waals surface area (Å²) in [5.74, 6) is 1.22. The minimum Gasteiger partial charge on any atom is -0.456 e. The monoisotopic (exact) mass is 373 g/mol. The van der Waals surface area contributed by atoms with Gasteiger partial charge in [-0.2, -0.15) is 0 Å². The van der Waals surface area contributed by atoms with Gasteiger partial charge in [0.05, 0.1) is 5.02 Å². The SMILES string of the molecule is CC(N)Cc1ccc(Oc2cc(Br)ccc2Cl)cc1Cl. The standard InChI is InChI=1S/C15H14BrCl2NO/c1-9(19)6-10-2-4-12(8-14(10)18)20-15-7-11(16)3-5-13(15)17/h2-5,7-9H,6,19H2,1H3. The third kappa shape index (κ3) is 4.13. The average Bonchev–Trinajstić information content (AvgIpc) is 2.37. The molecule has 0 aliphatic carbocycles. The maximum absolute atomic E-state index is 6.23. The molecule has 0 amide bonds. The third-order valence-corrected chi connectivity index (χ3v) is 3.84. The number of rotatable bonds is 4. The zero-order valence-corrected chi connectivity index (χ0v) is 14.0. The molecule has 0 heterocycles. The number of halogens is 3. The first kappa shape index (κ1) is 15.6. The van der Waals surface area contributed by atoms with Crippen LogP contribution in [-0.2, 0) is 6.42 Å². The molecule has 0 aliphatic rings. The summed E-state index contributed by atoms with van der Waals surface area (Å²) in [6.07, 6.45) is 0.733. The topological polar surface area (TPSA) is 35.2 Å². The van der Waals surface area contributed by atoms with E-state index in [0.29, 0.717) is 21.5 Å². The zero-order valence-electron chi connectivity index (χ0n) is 10.9. The smallest absolute Gasteiger partial charge is 0.147 e. The molecule has 0 fully saturated rings. The molecule has 2 aromatic rings. The van der Waals surface area contributed by atoms with E-state index in [1.54, 1.807) is 12.1 Å². The molecule has 2 N–H and O–H groups in total. The second-order valence-corrected chi connectivity index (χ2v) is 6.34. The molecule has 106 valence electrons. The van der Waals surface area contributed by atoms with Gasteiger partial charge in [0.1, 0.15) is 11.5 Å². The summed E-state index contributed by atoms with van der Waals surface area (Å²) >= 11 is 15.7. The van der Waals surface area contributed by atoms with E-state index in [1.165, 1.54) is 0 Å². The lowest BCUT2D eigenvalue weighted by atomic mass is 10.1. The number of hydrogen-bond donors (Lipinski definition) is 1. The van der Waals surface area contributed by atoms with E-state index in [9.17, 15) is 0 Å². The van der Waals surface area contributed by atoms with Gasteiger partial charge in [-0.1, -0.05) is 45.2 Å². The summed E-state index contributed by atoms with van der Waals surface area (Å²) in [5.41, 5.74) is 6.79. The Hall–Kier alpha value is -0.740. The highest BCUT2D eigenvalue weighted by Crippen LogP contribution is 2.33. The van der Waals surface area contributed by atoms with Crippen molar-refractivity contribution >= 4 is 39.1 Å². The van der Waals surface area contributed by atoms with Crippen LogP contribution in [-0.4, -0.2) is 6.04 Å². The maximum atomic E-state index is 6.23. The van der Waals surface area contributed by atoms with Crippen LogP contribution in [0.1, 0.15) is 12.5 Å². The normalized spacial score (nSPS) is 12.2. The van der Waals surface area contributed by atoms with Crippen molar-refractivity contribution in [3.05, 3.63) is 56.5 Å². The van der Waals surface area contributed by atoms with E-state index in [2.05, 4.69) is 15.9 Å². The molecule has 0 radical (unpaired) electrons. The highest BCUT2D eigenvalue weighted by atomic mass is 79.9. The van der Waals surface area contributed by atoms with Gasteiger partial charge < -0.3 is 10.5 Å². The van der Waals surface area contributed by atoms with E-state index in [4.69, 9.17) is 33.7 Å². The van der Waals surface area contributed by atoms with Crippen LogP contribution in [0.3, 0.4) is 0 Å². The van der Waals surface area contributed by atoms with Crippen LogP contribution in [0.25, 0.3) is 0 Å². The minimum atomic E-state index is 0.0683. The van der Waals surface area contributed by atoms with Crippen molar-refractivity contribution in [3.8, 4) is 11.5 Å². The summed E-state index contributed by atoms with van der Waals surface area (Å²) in [5, 5.41) is 1.19. The Bertz CT molecular complexity index is 617. The highest BCUT2D eigenvalue weighted by molar-refractivity contribution is 9.10. The van der Waals surface area contributed by atoms with Crippen LogP contribution in [0.5, 0.6) is 11.5 Å². The molecule has 0 spiro atoms. The van der Waals surface area contributed by atoms with Crippen molar-refractivity contribution in [2.24, 2.45) is 5.73 Å². The van der Waals surface area contributed by atoms with Crippen molar-refractivity contribution in [3.63, 3.8) is 0 Å². The molecule has 2 rings (SSSR count). The maximum Gasteiger partial charge on any atom is 0.147 e. The van der Waals surface area contributed by atoms with Crippen LogP contribution in [0.15, 0.2) is 40.9 Å². The molecule has 0 aromatic heterocycles. The summed E-state index contributed by atoms with van der Waals surface area (Å²) < 4.78 is 6.65. The Kier molecular flexibility index (Phi) is 5.33. The van der Waals surface area contributed by atoms with Gasteiger partial charge in [0, 0.05) is 15.5 Å². The van der Waals surface area contributed by atoms with Gasteiger partial charge in [-0.3, -0.25) is 0 Å². The number of ether oxygens (including phenoxy) is 1. The van der Waals surface area contributed by atoms with Gasteiger partial charge in [-0.15, -0.1) is 0 Å². The van der Waals surface area contributed by atoms with Crippen molar-refractivity contribution in [2.75, 3.05) is 0 Å². The lowest BCUT2D eigenvalue weighted by Gasteiger charge is -2.11. The molecular formula is C15H14BrCl2NO.